The van der Waals surface area contributed by atoms with Gasteiger partial charge < -0.3 is 4.98 Å². The second-order valence-corrected chi connectivity index (χ2v) is 3.57. The summed E-state index contributed by atoms with van der Waals surface area (Å²) in [6, 6.07) is 7.97. The van der Waals surface area contributed by atoms with E-state index in [4.69, 9.17) is 0 Å². The molecule has 76 valence electrons. The van der Waals surface area contributed by atoms with Crippen LogP contribution >= 0.6 is 0 Å². The molecule has 0 aliphatic carbocycles. The number of hydrogen-bond acceptors (Lipinski definition) is 2. The van der Waals surface area contributed by atoms with Crippen LogP contribution in [0.4, 0.5) is 0 Å². The molecule has 0 atom stereocenters. The first-order valence-corrected chi connectivity index (χ1v) is 4.80. The van der Waals surface area contributed by atoms with Crippen molar-refractivity contribution in [1.82, 2.24) is 9.97 Å². The smallest absolute Gasteiger partial charge is 0.254 e. The van der Waals surface area contributed by atoms with E-state index in [9.17, 15) is 4.79 Å². The highest BCUT2D eigenvalue weighted by Gasteiger charge is 2.05. The molecule has 0 amide bonds. The monoisotopic (exact) mass is 200 g/mol. The highest BCUT2D eigenvalue weighted by atomic mass is 16.1. The molecule has 15 heavy (non-hydrogen) atoms. The van der Waals surface area contributed by atoms with E-state index in [0.29, 0.717) is 5.56 Å². The normalized spacial score (nSPS) is 10.3. The minimum atomic E-state index is -0.0819. The molecule has 3 nitrogen and oxygen atoms in total. The summed E-state index contributed by atoms with van der Waals surface area (Å²) in [4.78, 5) is 18.2. The minimum Gasteiger partial charge on any atom is -0.313 e. The zero-order valence-electron chi connectivity index (χ0n) is 8.74. The molecule has 0 saturated carbocycles. The number of aromatic amines is 1. The zero-order valence-corrected chi connectivity index (χ0v) is 8.74. The number of nitrogens with one attached hydrogen (secondary N) is 1. The third kappa shape index (κ3) is 1.81. The number of benzene rings is 1. The molecule has 0 unspecified atom stereocenters. The van der Waals surface area contributed by atoms with Crippen LogP contribution in [0.25, 0.3) is 11.3 Å². The first-order chi connectivity index (χ1) is 7.18. The first kappa shape index (κ1) is 9.65. The van der Waals surface area contributed by atoms with Gasteiger partial charge in [0.05, 0.1) is 12.0 Å². The second kappa shape index (κ2) is 3.69. The fourth-order valence-electron chi connectivity index (χ4n) is 1.55. The van der Waals surface area contributed by atoms with Crippen LogP contribution in [-0.2, 0) is 0 Å². The van der Waals surface area contributed by atoms with Crippen LogP contribution < -0.4 is 5.56 Å². The van der Waals surface area contributed by atoms with E-state index in [1.807, 2.05) is 31.2 Å². The summed E-state index contributed by atoms with van der Waals surface area (Å²) in [5.74, 6) is 0. The Morgan fingerprint density at radius 1 is 1.27 bits per heavy atom. The predicted molar refractivity (Wildman–Crippen MR) is 59.8 cm³/mol. The van der Waals surface area contributed by atoms with Crippen molar-refractivity contribution in [3.63, 3.8) is 0 Å². The lowest BCUT2D eigenvalue weighted by atomic mass is 10.1. The minimum absolute atomic E-state index is 0.0819. The Morgan fingerprint density at radius 2 is 2.07 bits per heavy atom. The Labute approximate surface area is 87.8 Å². The summed E-state index contributed by atoms with van der Waals surface area (Å²) in [6.07, 6.45) is 1.44. The van der Waals surface area contributed by atoms with Crippen molar-refractivity contribution in [2.24, 2.45) is 0 Å². The molecular formula is C12H12N2O. The van der Waals surface area contributed by atoms with Gasteiger partial charge in [-0.2, -0.15) is 0 Å². The van der Waals surface area contributed by atoms with Gasteiger partial charge in [0.1, 0.15) is 0 Å². The zero-order chi connectivity index (χ0) is 10.8. The summed E-state index contributed by atoms with van der Waals surface area (Å²) in [6.45, 7) is 3.80. The van der Waals surface area contributed by atoms with Crippen molar-refractivity contribution in [1.29, 1.82) is 0 Å². The average molecular weight is 200 g/mol. The summed E-state index contributed by atoms with van der Waals surface area (Å²) in [5, 5.41) is 0. The van der Waals surface area contributed by atoms with Crippen LogP contribution in [0.3, 0.4) is 0 Å². The molecule has 0 aliphatic rings. The molecule has 3 heteroatoms. The number of aryl methyl sites for hydroxylation is 1. The Balaban J connectivity index is 2.64. The molecule has 0 spiro atoms. The quantitative estimate of drug-likeness (QED) is 0.765. The number of hydrogen-bond donors (Lipinski definition) is 1. The van der Waals surface area contributed by atoms with Gasteiger partial charge in [-0.25, -0.2) is 4.98 Å². The van der Waals surface area contributed by atoms with E-state index in [-0.39, 0.29) is 5.56 Å². The van der Waals surface area contributed by atoms with Crippen molar-refractivity contribution in [2.75, 3.05) is 0 Å². The largest absolute Gasteiger partial charge is 0.313 e. The van der Waals surface area contributed by atoms with Crippen LogP contribution in [-0.4, -0.2) is 9.97 Å². The fraction of sp³-hybridized carbons (Fsp3) is 0.167. The van der Waals surface area contributed by atoms with Gasteiger partial charge in [0.25, 0.3) is 5.56 Å². The molecule has 1 aromatic carbocycles. The van der Waals surface area contributed by atoms with Gasteiger partial charge in [-0.15, -0.1) is 0 Å². The third-order valence-electron chi connectivity index (χ3n) is 2.38. The number of H-pyrrole nitrogens is 1. The van der Waals surface area contributed by atoms with Crippen LogP contribution in [0.5, 0.6) is 0 Å². The molecule has 1 N–H and O–H groups in total. The molecule has 2 rings (SSSR count). The SMILES string of the molecule is Cc1cccc(-c2nc[nH]c(=O)c2C)c1. The lowest BCUT2D eigenvalue weighted by Crippen LogP contribution is -2.11. The van der Waals surface area contributed by atoms with E-state index in [2.05, 4.69) is 9.97 Å². The molecule has 0 aliphatic heterocycles. The van der Waals surface area contributed by atoms with Gasteiger partial charge in [0.2, 0.25) is 0 Å². The highest BCUT2D eigenvalue weighted by molar-refractivity contribution is 5.62. The van der Waals surface area contributed by atoms with E-state index in [1.54, 1.807) is 6.92 Å². The summed E-state index contributed by atoms with van der Waals surface area (Å²) in [5.41, 5.74) is 3.47. The lowest BCUT2D eigenvalue weighted by molar-refractivity contribution is 1.08. The van der Waals surface area contributed by atoms with E-state index in [0.717, 1.165) is 16.8 Å². The Morgan fingerprint density at radius 3 is 2.80 bits per heavy atom. The molecule has 1 heterocycles. The first-order valence-electron chi connectivity index (χ1n) is 4.80. The standard InChI is InChI=1S/C12H12N2O/c1-8-4-3-5-10(6-8)11-9(2)12(15)14-7-13-11/h3-7H,1-2H3,(H,13,14,15). The number of aromatic nitrogens is 2. The van der Waals surface area contributed by atoms with Gasteiger partial charge in [0, 0.05) is 11.1 Å². The number of nitrogens with zero attached hydrogens (tertiary/aromatic N) is 1. The number of rotatable bonds is 1. The molecule has 0 fully saturated rings. The topological polar surface area (TPSA) is 45.8 Å². The van der Waals surface area contributed by atoms with Crippen molar-refractivity contribution in [3.05, 3.63) is 52.1 Å². The maximum absolute atomic E-state index is 11.4. The van der Waals surface area contributed by atoms with Crippen LogP contribution in [0.1, 0.15) is 11.1 Å². The summed E-state index contributed by atoms with van der Waals surface area (Å²) < 4.78 is 0. The maximum atomic E-state index is 11.4. The van der Waals surface area contributed by atoms with Gasteiger partial charge >= 0.3 is 0 Å². The lowest BCUT2D eigenvalue weighted by Gasteiger charge is -2.03. The molecule has 0 saturated heterocycles. The molecular weight excluding hydrogens is 188 g/mol. The van der Waals surface area contributed by atoms with Crippen LogP contribution in [0.15, 0.2) is 35.4 Å². The Kier molecular flexibility index (Phi) is 2.37. The molecule has 1 aromatic heterocycles. The van der Waals surface area contributed by atoms with Gasteiger partial charge in [-0.05, 0) is 19.9 Å². The van der Waals surface area contributed by atoms with Crippen molar-refractivity contribution in [3.8, 4) is 11.3 Å². The van der Waals surface area contributed by atoms with Crippen molar-refractivity contribution >= 4 is 0 Å². The molecule has 0 radical (unpaired) electrons. The van der Waals surface area contributed by atoms with E-state index >= 15 is 0 Å². The summed E-state index contributed by atoms with van der Waals surface area (Å²) in [7, 11) is 0. The van der Waals surface area contributed by atoms with E-state index < -0.39 is 0 Å². The predicted octanol–water partition coefficient (Wildman–Crippen LogP) is 2.05. The van der Waals surface area contributed by atoms with Gasteiger partial charge in [0.15, 0.2) is 0 Å². The van der Waals surface area contributed by atoms with Crippen LogP contribution in [0, 0.1) is 13.8 Å². The average Bonchev–Trinajstić information content (AvgIpc) is 2.22. The van der Waals surface area contributed by atoms with E-state index in [1.165, 1.54) is 6.33 Å². The van der Waals surface area contributed by atoms with Crippen molar-refractivity contribution < 1.29 is 0 Å². The molecule has 2 aromatic rings. The second-order valence-electron chi connectivity index (χ2n) is 3.57. The van der Waals surface area contributed by atoms with Crippen molar-refractivity contribution in [2.45, 2.75) is 13.8 Å². The Bertz CT molecular complexity index is 543. The third-order valence-corrected chi connectivity index (χ3v) is 2.38. The van der Waals surface area contributed by atoms with Gasteiger partial charge in [-0.1, -0.05) is 23.8 Å². The van der Waals surface area contributed by atoms with Gasteiger partial charge in [-0.3, -0.25) is 4.79 Å². The maximum Gasteiger partial charge on any atom is 0.254 e. The Hall–Kier alpha value is -1.90. The van der Waals surface area contributed by atoms with Crippen LogP contribution in [0.2, 0.25) is 0 Å². The fourth-order valence-corrected chi connectivity index (χ4v) is 1.55. The molecule has 0 bridgehead atoms. The summed E-state index contributed by atoms with van der Waals surface area (Å²) >= 11 is 0. The highest BCUT2D eigenvalue weighted by Crippen LogP contribution is 2.18.